The van der Waals surface area contributed by atoms with Crippen molar-refractivity contribution in [2.45, 2.75) is 0 Å². The van der Waals surface area contributed by atoms with Crippen LogP contribution in [0.1, 0.15) is 0 Å². The Hall–Kier alpha value is 0.270. The first-order valence-corrected chi connectivity index (χ1v) is 5.26. The summed E-state index contributed by atoms with van der Waals surface area (Å²) in [6, 6.07) is 7.83. The monoisotopic (exact) mass is 274 g/mol. The first-order chi connectivity index (χ1) is 5.39. The van der Waals surface area contributed by atoms with Crippen molar-refractivity contribution in [1.82, 2.24) is 0 Å². The van der Waals surface area contributed by atoms with Gasteiger partial charge in [-0.1, -0.05) is 23.7 Å². The molecule has 2 aromatic rings. The number of halogens is 3. The summed E-state index contributed by atoms with van der Waals surface area (Å²) in [4.78, 5) is 0. The molecule has 2 aromatic heterocycles. The normalized spacial score (nSPS) is 7.15. The van der Waals surface area contributed by atoms with Crippen LogP contribution in [0.15, 0.2) is 40.4 Å². The van der Waals surface area contributed by atoms with Crippen molar-refractivity contribution in [3.8, 4) is 0 Å². The maximum Gasteiger partial charge on any atom is 0.0928 e. The average molecular weight is 276 g/mol. The van der Waals surface area contributed by atoms with Gasteiger partial charge in [0.1, 0.15) is 0 Å². The van der Waals surface area contributed by atoms with Gasteiger partial charge >= 0.3 is 0 Å². The van der Waals surface area contributed by atoms with Crippen molar-refractivity contribution in [1.29, 1.82) is 0 Å². The lowest BCUT2D eigenvalue weighted by molar-refractivity contribution is 2.02. The van der Waals surface area contributed by atoms with E-state index in [1.807, 2.05) is 40.4 Å². The number of hydrogen-bond acceptors (Lipinski definition) is 2. The molecular weight excluding hydrogens is 267 g/mol. The highest BCUT2D eigenvalue weighted by Crippen LogP contribution is 2.13. The van der Waals surface area contributed by atoms with Gasteiger partial charge in [-0.2, -0.15) is 11.3 Å². The van der Waals surface area contributed by atoms with Gasteiger partial charge in [0.05, 0.1) is 4.34 Å². The molecule has 5 heteroatoms. The molecule has 0 aliphatic heterocycles. The van der Waals surface area contributed by atoms with Crippen molar-refractivity contribution in [3.05, 3.63) is 44.7 Å². The molecule has 0 aromatic carbocycles. The van der Waals surface area contributed by atoms with Gasteiger partial charge in [0.15, 0.2) is 0 Å². The van der Waals surface area contributed by atoms with Gasteiger partial charge in [-0.05, 0) is 28.3 Å². The van der Waals surface area contributed by atoms with Gasteiger partial charge < -0.3 is 0 Å². The summed E-state index contributed by atoms with van der Waals surface area (Å²) in [5.41, 5.74) is 0. The van der Waals surface area contributed by atoms with E-state index in [0.717, 1.165) is 4.34 Å². The summed E-state index contributed by atoms with van der Waals surface area (Å²) in [5.74, 6) is 0. The predicted octanol–water partition coefficient (Wildman–Crippen LogP) is 4.99. The van der Waals surface area contributed by atoms with E-state index in [2.05, 4.69) is 0 Å². The molecule has 0 saturated carbocycles. The molecule has 74 valence electrons. The van der Waals surface area contributed by atoms with Crippen LogP contribution < -0.4 is 0 Å². The van der Waals surface area contributed by atoms with E-state index in [-0.39, 0.29) is 24.8 Å². The fourth-order valence-corrected chi connectivity index (χ4v) is 1.61. The zero-order chi connectivity index (χ0) is 7.94. The Labute approximate surface area is 103 Å². The second kappa shape index (κ2) is 10.4. The fraction of sp³-hybridized carbons (Fsp3) is 0. The van der Waals surface area contributed by atoms with Gasteiger partial charge in [-0.25, -0.2) is 0 Å². The largest absolute Gasteiger partial charge is 0.152 e. The third kappa shape index (κ3) is 8.60. The minimum atomic E-state index is 0. The first kappa shape index (κ1) is 15.7. The molecule has 0 aliphatic rings. The Kier molecular flexibility index (Phi) is 12.5. The molecule has 0 atom stereocenters. The molecule has 0 nitrogen and oxygen atoms in total. The van der Waals surface area contributed by atoms with E-state index in [1.165, 1.54) is 0 Å². The van der Waals surface area contributed by atoms with Gasteiger partial charge in [-0.3, -0.25) is 0 Å². The van der Waals surface area contributed by atoms with Crippen LogP contribution in [0.4, 0.5) is 0 Å². The minimum Gasteiger partial charge on any atom is -0.152 e. The topological polar surface area (TPSA) is 0 Å². The van der Waals surface area contributed by atoms with Crippen LogP contribution in [0.3, 0.4) is 0 Å². The molecule has 0 radical (unpaired) electrons. The molecule has 0 bridgehead atoms. The van der Waals surface area contributed by atoms with Crippen molar-refractivity contribution >= 4 is 59.1 Å². The van der Waals surface area contributed by atoms with Crippen LogP contribution in [-0.2, 0) is 0 Å². The van der Waals surface area contributed by atoms with Gasteiger partial charge in [0.2, 0.25) is 0 Å². The zero-order valence-electron chi connectivity index (χ0n) is 6.55. The smallest absolute Gasteiger partial charge is 0.0928 e. The lowest BCUT2D eigenvalue weighted by Crippen LogP contribution is -1.29. The molecule has 0 unspecified atom stereocenters. The summed E-state index contributed by atoms with van der Waals surface area (Å²) in [7, 11) is 0. The summed E-state index contributed by atoms with van der Waals surface area (Å²) in [5, 5.41) is 6.03. The zero-order valence-corrected chi connectivity index (χ0v) is 10.6. The lowest BCUT2D eigenvalue weighted by Gasteiger charge is -1.62. The second-order valence-corrected chi connectivity index (χ2v) is 4.11. The average Bonchev–Trinajstić information content (AvgIpc) is 2.57. The highest BCUT2D eigenvalue weighted by molar-refractivity contribution is 7.14. The van der Waals surface area contributed by atoms with Crippen LogP contribution >= 0.6 is 59.1 Å². The summed E-state index contributed by atoms with van der Waals surface area (Å²) in [6.07, 6.45) is 0. The number of thiophene rings is 2. The van der Waals surface area contributed by atoms with Gasteiger partial charge in [0, 0.05) is 0 Å². The maximum absolute atomic E-state index is 5.47. The number of hydrogen-bond donors (Lipinski definition) is 0. The Balaban J connectivity index is 0. The van der Waals surface area contributed by atoms with Crippen LogP contribution in [0.25, 0.3) is 0 Å². The van der Waals surface area contributed by atoms with E-state index in [0.29, 0.717) is 0 Å². The summed E-state index contributed by atoms with van der Waals surface area (Å²) >= 11 is 8.73. The van der Waals surface area contributed by atoms with E-state index < -0.39 is 0 Å². The predicted molar refractivity (Wildman–Crippen MR) is 68.1 cm³/mol. The Bertz CT molecular complexity index is 236. The fourth-order valence-electron chi connectivity index (χ4n) is 0.485. The lowest BCUT2D eigenvalue weighted by atomic mass is 10.7. The summed E-state index contributed by atoms with van der Waals surface area (Å²) in [6.45, 7) is 0. The van der Waals surface area contributed by atoms with Crippen LogP contribution in [0.2, 0.25) is 4.34 Å². The second-order valence-electron chi connectivity index (χ2n) is 1.71. The standard InChI is InChI=1S/C4H3ClS.C4H4S.2ClH/c5-4-2-1-3-6-4;1-2-4-5-3-1;;/h1-3H;1-4H;2*1H. The van der Waals surface area contributed by atoms with Crippen molar-refractivity contribution in [2.75, 3.05) is 0 Å². The molecule has 0 fully saturated rings. The highest BCUT2D eigenvalue weighted by atomic mass is 35.5. The maximum atomic E-state index is 5.47. The van der Waals surface area contributed by atoms with Crippen LogP contribution in [-0.4, -0.2) is 0 Å². The van der Waals surface area contributed by atoms with Crippen LogP contribution in [0, 0.1) is 0 Å². The van der Waals surface area contributed by atoms with Crippen molar-refractivity contribution in [3.63, 3.8) is 0 Å². The van der Waals surface area contributed by atoms with E-state index >= 15 is 0 Å². The Morgan fingerprint density at radius 1 is 0.923 bits per heavy atom. The molecule has 0 aliphatic carbocycles. The first-order valence-electron chi connectivity index (χ1n) is 3.06. The third-order valence-corrected chi connectivity index (χ3v) is 2.59. The van der Waals surface area contributed by atoms with E-state index in [1.54, 1.807) is 22.7 Å². The van der Waals surface area contributed by atoms with Gasteiger partial charge in [-0.15, -0.1) is 36.2 Å². The van der Waals surface area contributed by atoms with E-state index in [4.69, 9.17) is 11.6 Å². The summed E-state index contributed by atoms with van der Waals surface area (Å²) < 4.78 is 0.856. The van der Waals surface area contributed by atoms with Crippen molar-refractivity contribution in [2.24, 2.45) is 0 Å². The van der Waals surface area contributed by atoms with Gasteiger partial charge in [0.25, 0.3) is 0 Å². The Morgan fingerprint density at radius 3 is 1.69 bits per heavy atom. The van der Waals surface area contributed by atoms with Crippen molar-refractivity contribution < 1.29 is 0 Å². The quantitative estimate of drug-likeness (QED) is 0.635. The molecule has 0 N–H and O–H groups in total. The molecule has 2 rings (SSSR count). The SMILES string of the molecule is Cl.Cl.Clc1cccs1.c1ccsc1. The molecular formula is C8H9Cl3S2. The minimum absolute atomic E-state index is 0. The molecule has 0 amide bonds. The third-order valence-electron chi connectivity index (χ3n) is 0.912. The molecule has 0 saturated heterocycles. The molecule has 0 spiro atoms. The number of rotatable bonds is 0. The van der Waals surface area contributed by atoms with Crippen LogP contribution in [0.5, 0.6) is 0 Å². The van der Waals surface area contributed by atoms with E-state index in [9.17, 15) is 0 Å². The highest BCUT2D eigenvalue weighted by Gasteiger charge is 1.77. The Morgan fingerprint density at radius 2 is 1.54 bits per heavy atom. The molecule has 13 heavy (non-hydrogen) atoms. The molecule has 2 heterocycles.